The molecule has 0 spiro atoms. The van der Waals surface area contributed by atoms with Crippen molar-refractivity contribution in [1.82, 2.24) is 14.8 Å². The molecule has 112 valence electrons. The van der Waals surface area contributed by atoms with Gasteiger partial charge in [-0.3, -0.25) is 4.79 Å². The van der Waals surface area contributed by atoms with Gasteiger partial charge in [0.05, 0.1) is 5.02 Å². The molecule has 0 radical (unpaired) electrons. The second-order valence-electron chi connectivity index (χ2n) is 5.84. The third-order valence-corrected chi connectivity index (χ3v) is 4.51. The highest BCUT2D eigenvalue weighted by Gasteiger charge is 2.31. The maximum absolute atomic E-state index is 12.6. The minimum absolute atomic E-state index is 0.100. The molecular formula is C15H24ClN3O. The number of nitrogens with zero attached hydrogens (tertiary/aromatic N) is 2. The minimum atomic E-state index is 0.100. The molecule has 20 heavy (non-hydrogen) atoms. The van der Waals surface area contributed by atoms with Gasteiger partial charge in [-0.25, -0.2) is 0 Å². The monoisotopic (exact) mass is 297 g/mol. The Labute approximate surface area is 126 Å². The minimum Gasteiger partial charge on any atom is -0.342 e. The second kappa shape index (κ2) is 6.19. The summed E-state index contributed by atoms with van der Waals surface area (Å²) < 4.78 is 1.97. The molecule has 0 unspecified atom stereocenters. The van der Waals surface area contributed by atoms with Crippen molar-refractivity contribution in [3.8, 4) is 0 Å². The Morgan fingerprint density at radius 1 is 1.45 bits per heavy atom. The number of aryl methyl sites for hydroxylation is 1. The Hall–Kier alpha value is -1.00. The SMILES string of the molecule is CCCn1cc(Cl)cc1C(=O)N1CCC(C)(NC)CC1. The maximum Gasteiger partial charge on any atom is 0.270 e. The number of hydrogen-bond donors (Lipinski definition) is 1. The van der Waals surface area contributed by atoms with Gasteiger partial charge in [0, 0.05) is 31.4 Å². The second-order valence-corrected chi connectivity index (χ2v) is 6.28. The normalized spacial score (nSPS) is 18.3. The number of aromatic nitrogens is 1. The topological polar surface area (TPSA) is 37.3 Å². The van der Waals surface area contributed by atoms with E-state index in [1.165, 1.54) is 0 Å². The van der Waals surface area contributed by atoms with Gasteiger partial charge in [-0.15, -0.1) is 0 Å². The Kier molecular flexibility index (Phi) is 4.76. The molecule has 1 N–H and O–H groups in total. The summed E-state index contributed by atoms with van der Waals surface area (Å²) in [6, 6.07) is 1.78. The largest absolute Gasteiger partial charge is 0.342 e. The predicted molar refractivity (Wildman–Crippen MR) is 82.3 cm³/mol. The van der Waals surface area contributed by atoms with E-state index in [1.807, 2.05) is 22.7 Å². The van der Waals surface area contributed by atoms with Crippen molar-refractivity contribution in [3.63, 3.8) is 0 Å². The van der Waals surface area contributed by atoms with Crippen molar-refractivity contribution in [2.45, 2.75) is 45.2 Å². The third kappa shape index (κ3) is 3.18. The number of piperidine rings is 1. The van der Waals surface area contributed by atoms with E-state index < -0.39 is 0 Å². The first-order valence-corrected chi connectivity index (χ1v) is 7.71. The zero-order valence-electron chi connectivity index (χ0n) is 12.6. The highest BCUT2D eigenvalue weighted by Crippen LogP contribution is 2.24. The van der Waals surface area contributed by atoms with Gasteiger partial charge in [-0.1, -0.05) is 18.5 Å². The van der Waals surface area contributed by atoms with Gasteiger partial charge < -0.3 is 14.8 Å². The molecule has 1 aliphatic heterocycles. The molecule has 0 bridgehead atoms. The van der Waals surface area contributed by atoms with Crippen LogP contribution in [0, 0.1) is 0 Å². The lowest BCUT2D eigenvalue weighted by Crippen LogP contribution is -2.51. The van der Waals surface area contributed by atoms with E-state index in [9.17, 15) is 4.79 Å². The molecular weight excluding hydrogens is 274 g/mol. The molecule has 1 aromatic rings. The molecule has 0 saturated carbocycles. The van der Waals surface area contributed by atoms with Gasteiger partial charge in [0.1, 0.15) is 5.69 Å². The lowest BCUT2D eigenvalue weighted by Gasteiger charge is -2.39. The molecule has 0 aliphatic carbocycles. The predicted octanol–water partition coefficient (Wildman–Crippen LogP) is 2.77. The summed E-state index contributed by atoms with van der Waals surface area (Å²) in [5, 5.41) is 3.99. The molecule has 1 aliphatic rings. The van der Waals surface area contributed by atoms with Crippen LogP contribution in [0.1, 0.15) is 43.6 Å². The fraction of sp³-hybridized carbons (Fsp3) is 0.667. The van der Waals surface area contributed by atoms with Crippen molar-refractivity contribution in [2.75, 3.05) is 20.1 Å². The van der Waals surface area contributed by atoms with Crippen LogP contribution in [0.2, 0.25) is 5.02 Å². The highest BCUT2D eigenvalue weighted by molar-refractivity contribution is 6.31. The molecule has 1 saturated heterocycles. The summed E-state index contributed by atoms with van der Waals surface area (Å²) >= 11 is 6.05. The molecule has 1 fully saturated rings. The lowest BCUT2D eigenvalue weighted by atomic mass is 9.90. The zero-order valence-corrected chi connectivity index (χ0v) is 13.3. The molecule has 1 aromatic heterocycles. The van der Waals surface area contributed by atoms with Crippen LogP contribution in [-0.4, -0.2) is 41.1 Å². The Balaban J connectivity index is 2.09. The van der Waals surface area contributed by atoms with Gasteiger partial charge in [-0.2, -0.15) is 0 Å². The number of likely N-dealkylation sites (tertiary alicyclic amines) is 1. The van der Waals surface area contributed by atoms with Crippen LogP contribution in [-0.2, 0) is 6.54 Å². The van der Waals surface area contributed by atoms with E-state index in [0.717, 1.165) is 38.9 Å². The molecule has 0 aromatic carbocycles. The fourth-order valence-electron chi connectivity index (χ4n) is 2.70. The summed E-state index contributed by atoms with van der Waals surface area (Å²) in [6.07, 6.45) is 4.80. The van der Waals surface area contributed by atoms with Crippen LogP contribution >= 0.6 is 11.6 Å². The fourth-order valence-corrected chi connectivity index (χ4v) is 2.92. The lowest BCUT2D eigenvalue weighted by molar-refractivity contribution is 0.0651. The average molecular weight is 298 g/mol. The van der Waals surface area contributed by atoms with Gasteiger partial charge in [0.2, 0.25) is 0 Å². The van der Waals surface area contributed by atoms with Crippen molar-refractivity contribution in [3.05, 3.63) is 23.0 Å². The van der Waals surface area contributed by atoms with E-state index in [0.29, 0.717) is 10.7 Å². The third-order valence-electron chi connectivity index (χ3n) is 4.30. The van der Waals surface area contributed by atoms with E-state index >= 15 is 0 Å². The highest BCUT2D eigenvalue weighted by atomic mass is 35.5. The van der Waals surface area contributed by atoms with Gasteiger partial charge in [0.15, 0.2) is 0 Å². The van der Waals surface area contributed by atoms with Crippen LogP contribution < -0.4 is 5.32 Å². The van der Waals surface area contributed by atoms with Crippen LogP contribution in [0.4, 0.5) is 0 Å². The molecule has 2 rings (SSSR count). The van der Waals surface area contributed by atoms with Gasteiger partial charge in [-0.05, 0) is 39.3 Å². The van der Waals surface area contributed by atoms with E-state index in [-0.39, 0.29) is 11.4 Å². The first-order valence-electron chi connectivity index (χ1n) is 7.33. The van der Waals surface area contributed by atoms with Crippen LogP contribution in [0.15, 0.2) is 12.3 Å². The number of rotatable bonds is 4. The van der Waals surface area contributed by atoms with Crippen LogP contribution in [0.25, 0.3) is 0 Å². The van der Waals surface area contributed by atoms with Crippen molar-refractivity contribution < 1.29 is 4.79 Å². The van der Waals surface area contributed by atoms with E-state index in [4.69, 9.17) is 11.6 Å². The average Bonchev–Trinajstić information content (AvgIpc) is 2.80. The number of halogens is 1. The quantitative estimate of drug-likeness (QED) is 0.928. The van der Waals surface area contributed by atoms with Crippen LogP contribution in [0.3, 0.4) is 0 Å². The Bertz CT molecular complexity index is 475. The van der Waals surface area contributed by atoms with Crippen molar-refractivity contribution in [2.24, 2.45) is 0 Å². The molecule has 5 heteroatoms. The van der Waals surface area contributed by atoms with Gasteiger partial charge >= 0.3 is 0 Å². The number of amides is 1. The summed E-state index contributed by atoms with van der Waals surface area (Å²) in [7, 11) is 1.99. The number of carbonyl (C=O) groups is 1. The van der Waals surface area contributed by atoms with Gasteiger partial charge in [0.25, 0.3) is 5.91 Å². The Morgan fingerprint density at radius 2 is 2.10 bits per heavy atom. The summed E-state index contributed by atoms with van der Waals surface area (Å²) in [5.74, 6) is 0.100. The summed E-state index contributed by atoms with van der Waals surface area (Å²) in [5.41, 5.74) is 0.865. The molecule has 0 atom stereocenters. The van der Waals surface area contributed by atoms with Crippen molar-refractivity contribution >= 4 is 17.5 Å². The first kappa shape index (κ1) is 15.4. The molecule has 4 nitrogen and oxygen atoms in total. The Morgan fingerprint density at radius 3 is 2.65 bits per heavy atom. The van der Waals surface area contributed by atoms with Crippen molar-refractivity contribution in [1.29, 1.82) is 0 Å². The number of nitrogens with one attached hydrogen (secondary N) is 1. The number of hydrogen-bond acceptors (Lipinski definition) is 2. The van der Waals surface area contributed by atoms with E-state index in [2.05, 4.69) is 19.2 Å². The first-order chi connectivity index (χ1) is 9.49. The van der Waals surface area contributed by atoms with Crippen LogP contribution in [0.5, 0.6) is 0 Å². The maximum atomic E-state index is 12.6. The smallest absolute Gasteiger partial charge is 0.270 e. The summed E-state index contributed by atoms with van der Waals surface area (Å²) in [6.45, 7) is 6.74. The summed E-state index contributed by atoms with van der Waals surface area (Å²) in [4.78, 5) is 14.6. The zero-order chi connectivity index (χ0) is 14.8. The van der Waals surface area contributed by atoms with E-state index in [1.54, 1.807) is 6.07 Å². The standard InChI is InChI=1S/C15H24ClN3O/c1-4-7-19-11-12(16)10-13(19)14(20)18-8-5-15(2,17-3)6-9-18/h10-11,17H,4-9H2,1-3H3. The molecule has 1 amide bonds. The molecule has 2 heterocycles. The number of carbonyl (C=O) groups excluding carboxylic acids is 1.